The van der Waals surface area contributed by atoms with Crippen LogP contribution in [0.2, 0.25) is 0 Å². The van der Waals surface area contributed by atoms with Crippen molar-refractivity contribution >= 4 is 6.03 Å². The maximum atomic E-state index is 13.2. The van der Waals surface area contributed by atoms with Gasteiger partial charge in [-0.25, -0.2) is 14.5 Å². The molecule has 1 spiro atoms. The Morgan fingerprint density at radius 3 is 2.19 bits per heavy atom. The molecule has 2 saturated heterocycles. The van der Waals surface area contributed by atoms with E-state index < -0.39 is 23.7 Å². The van der Waals surface area contributed by atoms with Gasteiger partial charge in [0, 0.05) is 38.1 Å². The van der Waals surface area contributed by atoms with Crippen molar-refractivity contribution in [3.63, 3.8) is 0 Å². The Labute approximate surface area is 203 Å². The Balaban J connectivity index is 0.836. The molecule has 36 heavy (non-hydrogen) atoms. The van der Waals surface area contributed by atoms with Crippen molar-refractivity contribution in [1.82, 2.24) is 29.9 Å². The van der Waals surface area contributed by atoms with Crippen molar-refractivity contribution in [2.75, 3.05) is 32.7 Å². The monoisotopic (exact) mass is 518 g/mol. The lowest BCUT2D eigenvalue weighted by atomic mass is 9.31. The van der Waals surface area contributed by atoms with E-state index in [0.717, 1.165) is 25.6 Å². The third kappa shape index (κ3) is 3.19. The first-order valence-electron chi connectivity index (χ1n) is 12.6. The predicted molar refractivity (Wildman–Crippen MR) is 112 cm³/mol. The number of carbonyl (C=O) groups is 1. The third-order valence-electron chi connectivity index (χ3n) is 10.1. The van der Waals surface area contributed by atoms with Crippen LogP contribution < -0.4 is 5.32 Å². The molecule has 8 rings (SSSR count). The minimum atomic E-state index is -4.55. The van der Waals surface area contributed by atoms with E-state index in [-0.39, 0.29) is 41.2 Å². The van der Waals surface area contributed by atoms with E-state index in [9.17, 15) is 31.1 Å². The van der Waals surface area contributed by atoms with Crippen molar-refractivity contribution in [3.05, 3.63) is 12.2 Å². The van der Waals surface area contributed by atoms with Gasteiger partial charge in [0.15, 0.2) is 0 Å². The lowest BCUT2D eigenvalue weighted by molar-refractivity contribution is -0.256. The number of carbonyl (C=O) groups excluding carboxylic acids is 1. The highest BCUT2D eigenvalue weighted by molar-refractivity contribution is 5.76. The number of hydrogen-bond donors (Lipinski definition) is 1. The molecule has 7 fully saturated rings. The summed E-state index contributed by atoms with van der Waals surface area (Å²) in [5.41, 5.74) is -1.46. The van der Waals surface area contributed by atoms with E-state index in [1.807, 2.05) is 9.80 Å². The molecule has 5 saturated carbocycles. The van der Waals surface area contributed by atoms with Crippen LogP contribution in [0.25, 0.3) is 0 Å². The number of hydrogen-bond acceptors (Lipinski definition) is 4. The van der Waals surface area contributed by atoms with Crippen molar-refractivity contribution in [3.8, 4) is 0 Å². The first-order valence-corrected chi connectivity index (χ1v) is 12.6. The fourth-order valence-corrected chi connectivity index (χ4v) is 7.83. The van der Waals surface area contributed by atoms with Crippen molar-refractivity contribution in [2.45, 2.75) is 68.9 Å². The number of nitrogens with one attached hydrogen (secondary N) is 1. The zero-order chi connectivity index (χ0) is 25.4. The maximum absolute atomic E-state index is 13.2. The van der Waals surface area contributed by atoms with E-state index >= 15 is 0 Å². The van der Waals surface area contributed by atoms with Gasteiger partial charge in [-0.2, -0.15) is 26.3 Å². The Kier molecular flexibility index (Phi) is 4.29. The summed E-state index contributed by atoms with van der Waals surface area (Å²) in [6.07, 6.45) is -2.99. The summed E-state index contributed by atoms with van der Waals surface area (Å²) in [5.74, 6) is -0.695. The van der Waals surface area contributed by atoms with Gasteiger partial charge >= 0.3 is 18.4 Å². The Morgan fingerprint density at radius 1 is 1.03 bits per heavy atom. The summed E-state index contributed by atoms with van der Waals surface area (Å²) in [6.45, 7) is 3.09. The van der Waals surface area contributed by atoms with E-state index in [1.165, 1.54) is 4.68 Å². The second-order valence-corrected chi connectivity index (χ2v) is 12.7. The number of rotatable bonds is 5. The van der Waals surface area contributed by atoms with Gasteiger partial charge in [-0.1, -0.05) is 0 Å². The van der Waals surface area contributed by atoms with Crippen molar-refractivity contribution in [1.29, 1.82) is 0 Å². The molecule has 0 radical (unpaired) electrons. The quantitative estimate of drug-likeness (QED) is 0.602. The SMILES string of the molecule is O=C(N1CC(C23CC(CNC4(C(F)(F)F)CC4)(C2)C3)C1)N1CC2(CC(n3cnc(C(F)(F)F)n3)C2)C1. The highest BCUT2D eigenvalue weighted by atomic mass is 19.4. The Hall–Kier alpha value is -2.05. The average molecular weight is 519 g/mol. The molecule has 13 heteroatoms. The summed E-state index contributed by atoms with van der Waals surface area (Å²) >= 11 is 0. The lowest BCUT2D eigenvalue weighted by Gasteiger charge is -2.76. The molecule has 1 aromatic heterocycles. The number of likely N-dealkylation sites (tertiary alicyclic amines) is 2. The minimum Gasteiger partial charge on any atom is -0.324 e. The molecule has 0 atom stereocenters. The van der Waals surface area contributed by atoms with Crippen molar-refractivity contribution < 1.29 is 31.1 Å². The number of amides is 2. The molecule has 7 aliphatic rings. The summed E-state index contributed by atoms with van der Waals surface area (Å²) in [6, 6.07) is -0.0967. The van der Waals surface area contributed by atoms with Gasteiger partial charge in [0.05, 0.1) is 6.04 Å². The van der Waals surface area contributed by atoms with Crippen LogP contribution in [-0.2, 0) is 6.18 Å². The van der Waals surface area contributed by atoms with Crippen molar-refractivity contribution in [2.24, 2.45) is 22.2 Å². The summed E-state index contributed by atoms with van der Waals surface area (Å²) in [5, 5.41) is 6.39. The highest BCUT2D eigenvalue weighted by Gasteiger charge is 2.73. The minimum absolute atomic E-state index is 0.0147. The lowest BCUT2D eigenvalue weighted by Crippen LogP contribution is -2.75. The predicted octanol–water partition coefficient (Wildman–Crippen LogP) is 3.84. The molecule has 2 bridgehead atoms. The van der Waals surface area contributed by atoms with Gasteiger partial charge in [0.25, 0.3) is 5.82 Å². The molecule has 1 aromatic rings. The van der Waals surface area contributed by atoms with Crippen LogP contribution in [0, 0.1) is 22.2 Å². The fraction of sp³-hybridized carbons (Fsp3) is 0.870. The number of halogens is 6. The molecule has 5 aliphatic carbocycles. The third-order valence-corrected chi connectivity index (χ3v) is 10.1. The van der Waals surface area contributed by atoms with Gasteiger partial charge in [0.1, 0.15) is 11.9 Å². The van der Waals surface area contributed by atoms with Gasteiger partial charge in [-0.15, -0.1) is 5.10 Å². The summed E-state index contributed by atoms with van der Waals surface area (Å²) in [4.78, 5) is 19.9. The molecular formula is C23H28F6N6O. The Bertz CT molecular complexity index is 1070. The number of nitrogens with zero attached hydrogens (tertiary/aromatic N) is 5. The molecule has 198 valence electrons. The van der Waals surface area contributed by atoms with E-state index in [1.54, 1.807) is 0 Å². The average Bonchev–Trinajstić information content (AvgIpc) is 3.26. The second kappa shape index (κ2) is 6.68. The first kappa shape index (κ1) is 23.1. The van der Waals surface area contributed by atoms with Crippen LogP contribution in [0.3, 0.4) is 0 Å². The normalized spacial score (nSPS) is 34.4. The first-order chi connectivity index (χ1) is 16.8. The zero-order valence-corrected chi connectivity index (χ0v) is 19.6. The van der Waals surface area contributed by atoms with Crippen LogP contribution in [0.5, 0.6) is 0 Å². The molecule has 7 nitrogen and oxygen atoms in total. The van der Waals surface area contributed by atoms with Crippen LogP contribution in [0.1, 0.15) is 56.8 Å². The molecule has 0 unspecified atom stereocenters. The van der Waals surface area contributed by atoms with E-state index in [4.69, 9.17) is 0 Å². The summed E-state index contributed by atoms with van der Waals surface area (Å²) in [7, 11) is 0. The maximum Gasteiger partial charge on any atom is 0.453 e. The molecule has 1 N–H and O–H groups in total. The Morgan fingerprint density at radius 2 is 1.67 bits per heavy atom. The molecule has 3 heterocycles. The summed E-state index contributed by atoms with van der Waals surface area (Å²) < 4.78 is 78.9. The number of alkyl halides is 6. The number of urea groups is 1. The molecular weight excluding hydrogens is 490 g/mol. The highest BCUT2D eigenvalue weighted by Crippen LogP contribution is 2.77. The van der Waals surface area contributed by atoms with Crippen LogP contribution in [0.15, 0.2) is 6.33 Å². The largest absolute Gasteiger partial charge is 0.453 e. The van der Waals surface area contributed by atoms with Crippen LogP contribution >= 0.6 is 0 Å². The van der Waals surface area contributed by atoms with Gasteiger partial charge in [0.2, 0.25) is 0 Å². The fourth-order valence-electron chi connectivity index (χ4n) is 7.83. The zero-order valence-electron chi connectivity index (χ0n) is 19.6. The number of aromatic nitrogens is 3. The molecule has 0 aromatic carbocycles. The van der Waals surface area contributed by atoms with E-state index in [2.05, 4.69) is 15.4 Å². The smallest absolute Gasteiger partial charge is 0.324 e. The molecule has 2 amide bonds. The topological polar surface area (TPSA) is 66.3 Å². The van der Waals surface area contributed by atoms with Crippen LogP contribution in [-0.4, -0.2) is 75.0 Å². The van der Waals surface area contributed by atoms with Gasteiger partial charge in [-0.05, 0) is 61.7 Å². The van der Waals surface area contributed by atoms with Gasteiger partial charge in [-0.3, -0.25) is 0 Å². The van der Waals surface area contributed by atoms with E-state index in [0.29, 0.717) is 51.5 Å². The second-order valence-electron chi connectivity index (χ2n) is 12.7. The molecule has 2 aliphatic heterocycles. The van der Waals surface area contributed by atoms with Crippen LogP contribution in [0.4, 0.5) is 31.1 Å². The standard InChI is InChI=1S/C23H28F6N6O/c24-22(25,26)16-30-13-35(32-16)15-3-18(4-15)11-34(12-18)17(36)33-5-14(6-33)20-7-19(8-20,9-20)10-31-21(1-2-21)23(27,28)29/h13-15,31H,1-12H2. The van der Waals surface area contributed by atoms with Gasteiger partial charge < -0.3 is 15.1 Å².